The third-order valence-corrected chi connectivity index (χ3v) is 7.32. The first-order chi connectivity index (χ1) is 14.7. The Labute approximate surface area is 196 Å². The summed E-state index contributed by atoms with van der Waals surface area (Å²) in [5.74, 6) is 0.0213. The lowest BCUT2D eigenvalue weighted by molar-refractivity contribution is -0.301. The number of fused-ring (bicyclic) bond motifs is 1. The molecule has 2 aliphatic rings. The maximum Gasteiger partial charge on any atom is 0.129 e. The molecule has 5 unspecified atom stereocenters. The third-order valence-electron chi connectivity index (χ3n) is 6.21. The molecule has 2 aromatic rings. The first kappa shape index (κ1) is 23.1. The summed E-state index contributed by atoms with van der Waals surface area (Å²) in [5.41, 5.74) is 1.46. The van der Waals surface area contributed by atoms with Crippen LogP contribution in [0, 0.1) is 5.92 Å². The highest BCUT2D eigenvalue weighted by atomic mass is 35.5. The second-order valence-corrected chi connectivity index (χ2v) is 10.2. The fraction of sp³-hybridized carbons (Fsp3) is 0.478. The van der Waals surface area contributed by atoms with Gasteiger partial charge in [0.25, 0.3) is 0 Å². The molecule has 0 spiro atoms. The van der Waals surface area contributed by atoms with E-state index >= 15 is 0 Å². The van der Waals surface area contributed by atoms with Crippen molar-refractivity contribution < 1.29 is 24.8 Å². The number of ether oxygens (including phenoxy) is 2. The van der Waals surface area contributed by atoms with E-state index in [1.165, 1.54) is 0 Å². The zero-order valence-corrected chi connectivity index (χ0v) is 19.2. The van der Waals surface area contributed by atoms with Crippen molar-refractivity contribution in [2.75, 3.05) is 13.2 Å². The van der Waals surface area contributed by atoms with E-state index in [4.69, 9.17) is 44.3 Å². The maximum atomic E-state index is 10.8. The molecule has 5 nitrogen and oxygen atoms in total. The number of alkyl halides is 2. The van der Waals surface area contributed by atoms with Gasteiger partial charge in [-0.05, 0) is 48.2 Å². The first-order valence-electron chi connectivity index (χ1n) is 10.2. The summed E-state index contributed by atoms with van der Waals surface area (Å²) in [5, 5.41) is 32.0. The summed E-state index contributed by atoms with van der Waals surface area (Å²) in [6.07, 6.45) is -2.59. The molecular formula is C23H25Cl3O5. The number of aliphatic hydroxyl groups is 3. The molecule has 0 radical (unpaired) electrons. The predicted octanol–water partition coefficient (Wildman–Crippen LogP) is 4.05. The van der Waals surface area contributed by atoms with Crippen molar-refractivity contribution in [1.29, 1.82) is 0 Å². The number of aliphatic hydroxyl groups excluding tert-OH is 3. The molecule has 4 rings (SSSR count). The minimum absolute atomic E-state index is 0.164. The van der Waals surface area contributed by atoms with Crippen molar-refractivity contribution in [3.8, 4) is 5.75 Å². The Morgan fingerprint density at radius 3 is 2.42 bits per heavy atom. The van der Waals surface area contributed by atoms with E-state index in [-0.39, 0.29) is 13.0 Å². The molecule has 5 atom stereocenters. The van der Waals surface area contributed by atoms with Crippen molar-refractivity contribution >= 4 is 34.8 Å². The van der Waals surface area contributed by atoms with Gasteiger partial charge in [-0.3, -0.25) is 0 Å². The smallest absolute Gasteiger partial charge is 0.129 e. The number of hydrogen-bond donors (Lipinski definition) is 3. The monoisotopic (exact) mass is 486 g/mol. The first-order valence-corrected chi connectivity index (χ1v) is 11.4. The van der Waals surface area contributed by atoms with Crippen LogP contribution in [-0.2, 0) is 11.2 Å². The zero-order valence-electron chi connectivity index (χ0n) is 17.0. The van der Waals surface area contributed by atoms with E-state index in [2.05, 4.69) is 0 Å². The van der Waals surface area contributed by atoms with Gasteiger partial charge in [-0.1, -0.05) is 35.9 Å². The minimum Gasteiger partial charge on any atom is -0.494 e. The third kappa shape index (κ3) is 4.18. The Bertz CT molecular complexity index is 935. The molecule has 1 aliphatic carbocycles. The molecular weight excluding hydrogens is 463 g/mol. The molecule has 3 N–H and O–H groups in total. The van der Waals surface area contributed by atoms with E-state index in [0.29, 0.717) is 23.6 Å². The summed E-state index contributed by atoms with van der Waals surface area (Å²) in [6.45, 7) is 2.18. The van der Waals surface area contributed by atoms with Crippen molar-refractivity contribution in [1.82, 2.24) is 0 Å². The van der Waals surface area contributed by atoms with Crippen LogP contribution in [0.25, 0.3) is 0 Å². The maximum absolute atomic E-state index is 10.8. The Kier molecular flexibility index (Phi) is 6.50. The van der Waals surface area contributed by atoms with Crippen LogP contribution in [0.5, 0.6) is 5.75 Å². The SMILES string of the molecule is CCOc1ccc(Cc2cc(C3OC4(CO)CC(Cl)(Cl)C4C(O)C3O)ccc2Cl)cc1. The van der Waals surface area contributed by atoms with Crippen LogP contribution in [-0.4, -0.2) is 50.7 Å². The predicted molar refractivity (Wildman–Crippen MR) is 120 cm³/mol. The molecule has 0 aromatic heterocycles. The van der Waals surface area contributed by atoms with E-state index < -0.39 is 34.2 Å². The Hall–Kier alpha value is -1.05. The summed E-state index contributed by atoms with van der Waals surface area (Å²) < 4.78 is 10.3. The van der Waals surface area contributed by atoms with Crippen molar-refractivity contribution in [3.63, 3.8) is 0 Å². The summed E-state index contributed by atoms with van der Waals surface area (Å²) in [7, 11) is 0. The van der Waals surface area contributed by atoms with Gasteiger partial charge in [-0.25, -0.2) is 0 Å². The fourth-order valence-electron chi connectivity index (χ4n) is 4.70. The molecule has 168 valence electrons. The van der Waals surface area contributed by atoms with Gasteiger partial charge in [0.2, 0.25) is 0 Å². The zero-order chi connectivity index (χ0) is 22.4. The van der Waals surface area contributed by atoms with Crippen LogP contribution >= 0.6 is 34.8 Å². The molecule has 8 heteroatoms. The molecule has 0 amide bonds. The highest BCUT2D eigenvalue weighted by Crippen LogP contribution is 2.62. The standard InChI is InChI=1S/C23H25Cl3O5/c1-2-30-16-6-3-13(4-7-16)9-15-10-14(5-8-17(15)24)20-18(28)19(29)21-22(12-27,31-20)11-23(21,25)26/h3-8,10,18-21,27-29H,2,9,11-12H2,1H3. The molecule has 1 aliphatic heterocycles. The van der Waals surface area contributed by atoms with Crippen LogP contribution in [0.2, 0.25) is 5.02 Å². The van der Waals surface area contributed by atoms with Crippen LogP contribution in [0.15, 0.2) is 42.5 Å². The van der Waals surface area contributed by atoms with Gasteiger partial charge in [0.05, 0.1) is 25.2 Å². The summed E-state index contributed by atoms with van der Waals surface area (Å²) in [6, 6.07) is 13.1. The minimum atomic E-state index is -1.26. The topological polar surface area (TPSA) is 79.2 Å². The van der Waals surface area contributed by atoms with Crippen molar-refractivity contribution in [3.05, 3.63) is 64.2 Å². The average Bonchev–Trinajstić information content (AvgIpc) is 2.73. The Morgan fingerprint density at radius 2 is 1.81 bits per heavy atom. The molecule has 0 bridgehead atoms. The van der Waals surface area contributed by atoms with E-state index in [1.54, 1.807) is 12.1 Å². The normalized spacial score (nSPS) is 31.6. The number of hydrogen-bond acceptors (Lipinski definition) is 5. The van der Waals surface area contributed by atoms with Gasteiger partial charge >= 0.3 is 0 Å². The van der Waals surface area contributed by atoms with Crippen molar-refractivity contribution in [2.24, 2.45) is 5.92 Å². The van der Waals surface area contributed by atoms with Gasteiger partial charge in [-0.15, -0.1) is 23.2 Å². The van der Waals surface area contributed by atoms with Crippen LogP contribution < -0.4 is 4.74 Å². The Balaban J connectivity index is 1.59. The van der Waals surface area contributed by atoms with Gasteiger partial charge in [0.15, 0.2) is 0 Å². The second kappa shape index (κ2) is 8.71. The van der Waals surface area contributed by atoms with Gasteiger partial charge in [0, 0.05) is 11.4 Å². The molecule has 31 heavy (non-hydrogen) atoms. The molecule has 1 saturated carbocycles. The molecule has 2 aromatic carbocycles. The fourth-order valence-corrected chi connectivity index (χ4v) is 5.99. The lowest BCUT2D eigenvalue weighted by Gasteiger charge is -2.62. The molecule has 2 fully saturated rings. The quantitative estimate of drug-likeness (QED) is 0.536. The lowest BCUT2D eigenvalue weighted by atomic mass is 9.62. The molecule has 1 saturated heterocycles. The van der Waals surface area contributed by atoms with Crippen LogP contribution in [0.1, 0.15) is 36.1 Å². The van der Waals surface area contributed by atoms with E-state index in [1.807, 2.05) is 37.3 Å². The number of halogens is 3. The second-order valence-electron chi connectivity index (χ2n) is 8.26. The lowest BCUT2D eigenvalue weighted by Crippen LogP contribution is -2.73. The Morgan fingerprint density at radius 1 is 1.10 bits per heavy atom. The largest absolute Gasteiger partial charge is 0.494 e. The summed E-state index contributed by atoms with van der Waals surface area (Å²) in [4.78, 5) is 0. The highest BCUT2D eigenvalue weighted by molar-refractivity contribution is 6.49. The van der Waals surface area contributed by atoms with E-state index in [0.717, 1.165) is 16.9 Å². The van der Waals surface area contributed by atoms with Crippen LogP contribution in [0.4, 0.5) is 0 Å². The van der Waals surface area contributed by atoms with Crippen molar-refractivity contribution in [2.45, 2.75) is 48.0 Å². The highest BCUT2D eigenvalue weighted by Gasteiger charge is 2.70. The van der Waals surface area contributed by atoms with Gasteiger partial charge in [-0.2, -0.15) is 0 Å². The average molecular weight is 488 g/mol. The number of benzene rings is 2. The summed E-state index contributed by atoms with van der Waals surface area (Å²) >= 11 is 18.9. The number of rotatable bonds is 6. The van der Waals surface area contributed by atoms with Gasteiger partial charge < -0.3 is 24.8 Å². The molecule has 1 heterocycles. The van der Waals surface area contributed by atoms with Gasteiger partial charge in [0.1, 0.15) is 27.9 Å². The van der Waals surface area contributed by atoms with E-state index in [9.17, 15) is 15.3 Å². The van der Waals surface area contributed by atoms with Crippen LogP contribution in [0.3, 0.4) is 0 Å².